The van der Waals surface area contributed by atoms with Crippen molar-refractivity contribution in [2.75, 3.05) is 23.7 Å². The van der Waals surface area contributed by atoms with Crippen molar-refractivity contribution in [3.05, 3.63) is 72.6 Å². The molecular weight excluding hydrogens is 397 g/mol. The summed E-state index contributed by atoms with van der Waals surface area (Å²) in [5.74, 6) is 1.36. The molecule has 0 aliphatic carbocycles. The summed E-state index contributed by atoms with van der Waals surface area (Å²) in [4.78, 5) is 11.3. The number of ether oxygens (including phenoxy) is 1. The van der Waals surface area contributed by atoms with Gasteiger partial charge >= 0.3 is 6.18 Å². The van der Waals surface area contributed by atoms with Crippen molar-refractivity contribution < 1.29 is 17.9 Å². The average Bonchev–Trinajstić information content (AvgIpc) is 2.72. The van der Waals surface area contributed by atoms with E-state index in [1.165, 1.54) is 0 Å². The lowest BCUT2D eigenvalue weighted by molar-refractivity contribution is -0.141. The SMILES string of the molecule is NC(=NCCNc1nccc(C(F)(F)F)n1)Nc1cccc(Oc2ccccc2)c1. The van der Waals surface area contributed by atoms with E-state index in [4.69, 9.17) is 10.5 Å². The third-order valence-electron chi connectivity index (χ3n) is 3.71. The first-order chi connectivity index (χ1) is 14.4. The minimum Gasteiger partial charge on any atom is -0.457 e. The van der Waals surface area contributed by atoms with Crippen molar-refractivity contribution in [1.29, 1.82) is 0 Å². The fraction of sp³-hybridized carbons (Fsp3) is 0.150. The molecule has 1 heterocycles. The van der Waals surface area contributed by atoms with E-state index < -0.39 is 11.9 Å². The minimum atomic E-state index is -4.52. The number of guanidine groups is 1. The molecule has 0 atom stereocenters. The van der Waals surface area contributed by atoms with Crippen LogP contribution in [0.3, 0.4) is 0 Å². The van der Waals surface area contributed by atoms with Gasteiger partial charge in [-0.1, -0.05) is 24.3 Å². The van der Waals surface area contributed by atoms with E-state index in [9.17, 15) is 13.2 Å². The monoisotopic (exact) mass is 416 g/mol. The number of nitrogens with zero attached hydrogens (tertiary/aromatic N) is 3. The Morgan fingerprint density at radius 2 is 1.80 bits per heavy atom. The predicted molar refractivity (Wildman–Crippen MR) is 109 cm³/mol. The van der Waals surface area contributed by atoms with Crippen molar-refractivity contribution >= 4 is 17.6 Å². The van der Waals surface area contributed by atoms with Crippen molar-refractivity contribution in [3.63, 3.8) is 0 Å². The molecule has 30 heavy (non-hydrogen) atoms. The molecule has 0 saturated heterocycles. The summed E-state index contributed by atoms with van der Waals surface area (Å²) >= 11 is 0. The number of rotatable bonds is 7. The molecule has 0 saturated carbocycles. The largest absolute Gasteiger partial charge is 0.457 e. The summed E-state index contributed by atoms with van der Waals surface area (Å²) in [5.41, 5.74) is 5.53. The summed E-state index contributed by atoms with van der Waals surface area (Å²) in [6.45, 7) is 0.416. The van der Waals surface area contributed by atoms with Crippen molar-refractivity contribution in [2.24, 2.45) is 10.7 Å². The molecule has 1 aromatic heterocycles. The van der Waals surface area contributed by atoms with E-state index in [1.54, 1.807) is 18.2 Å². The highest BCUT2D eigenvalue weighted by atomic mass is 19.4. The maximum absolute atomic E-state index is 12.6. The normalized spacial score (nSPS) is 11.8. The average molecular weight is 416 g/mol. The van der Waals surface area contributed by atoms with Gasteiger partial charge in [0, 0.05) is 24.5 Å². The van der Waals surface area contributed by atoms with Crippen LogP contribution in [0.15, 0.2) is 71.9 Å². The lowest BCUT2D eigenvalue weighted by Crippen LogP contribution is -2.24. The van der Waals surface area contributed by atoms with E-state index >= 15 is 0 Å². The number of benzene rings is 2. The Morgan fingerprint density at radius 1 is 1.03 bits per heavy atom. The molecule has 2 aromatic carbocycles. The Labute approximate surface area is 170 Å². The Balaban J connectivity index is 1.50. The Hall–Kier alpha value is -3.82. The number of aromatic nitrogens is 2. The van der Waals surface area contributed by atoms with Gasteiger partial charge in [-0.15, -0.1) is 0 Å². The molecule has 0 amide bonds. The van der Waals surface area contributed by atoms with Crippen LogP contribution >= 0.6 is 0 Å². The second-order valence-electron chi connectivity index (χ2n) is 6.02. The van der Waals surface area contributed by atoms with Crippen LogP contribution in [0.2, 0.25) is 0 Å². The number of hydrogen-bond acceptors (Lipinski definition) is 5. The number of anilines is 2. The summed E-state index contributed by atoms with van der Waals surface area (Å²) in [7, 11) is 0. The van der Waals surface area contributed by atoms with Crippen LogP contribution in [-0.2, 0) is 6.18 Å². The lowest BCUT2D eigenvalue weighted by atomic mass is 10.3. The van der Waals surface area contributed by atoms with Gasteiger partial charge in [0.25, 0.3) is 0 Å². The number of hydrogen-bond donors (Lipinski definition) is 3. The van der Waals surface area contributed by atoms with Crippen LogP contribution in [0.4, 0.5) is 24.8 Å². The number of alkyl halides is 3. The van der Waals surface area contributed by atoms with Gasteiger partial charge in [0.15, 0.2) is 5.96 Å². The molecule has 0 bridgehead atoms. The predicted octanol–water partition coefficient (Wildman–Crippen LogP) is 4.13. The molecule has 0 aliphatic heterocycles. The molecule has 3 rings (SSSR count). The zero-order valence-electron chi connectivity index (χ0n) is 15.7. The molecule has 4 N–H and O–H groups in total. The summed E-state index contributed by atoms with van der Waals surface area (Å²) in [6.07, 6.45) is -3.48. The van der Waals surface area contributed by atoms with E-state index in [2.05, 4.69) is 25.6 Å². The number of para-hydroxylation sites is 1. The Kier molecular flexibility index (Phi) is 6.68. The first-order valence-electron chi connectivity index (χ1n) is 8.94. The van der Waals surface area contributed by atoms with Crippen molar-refractivity contribution in [2.45, 2.75) is 6.18 Å². The summed E-state index contributed by atoms with van der Waals surface area (Å²) < 4.78 is 43.7. The fourth-order valence-corrected chi connectivity index (χ4v) is 2.40. The summed E-state index contributed by atoms with van der Waals surface area (Å²) in [6, 6.07) is 17.3. The lowest BCUT2D eigenvalue weighted by Gasteiger charge is -2.10. The number of nitrogens with one attached hydrogen (secondary N) is 2. The molecule has 0 unspecified atom stereocenters. The van der Waals surface area contributed by atoms with Crippen LogP contribution in [0, 0.1) is 0 Å². The first-order valence-corrected chi connectivity index (χ1v) is 8.94. The topological polar surface area (TPSA) is 97.5 Å². The molecule has 7 nitrogen and oxygen atoms in total. The molecular formula is C20H19F3N6O. The molecule has 0 fully saturated rings. The van der Waals surface area contributed by atoms with Gasteiger partial charge < -0.3 is 21.1 Å². The van der Waals surface area contributed by atoms with Gasteiger partial charge in [-0.3, -0.25) is 4.99 Å². The standard InChI is InChI=1S/C20H19F3N6O/c21-20(22,23)17-9-10-26-19(29-17)27-12-11-25-18(24)28-14-5-4-8-16(13-14)30-15-6-2-1-3-7-15/h1-10,13H,11-12H2,(H3,24,25,28)(H,26,27,29). The van der Waals surface area contributed by atoms with Gasteiger partial charge in [-0.25, -0.2) is 9.97 Å². The highest BCUT2D eigenvalue weighted by Crippen LogP contribution is 2.27. The Bertz CT molecular complexity index is 995. The first kappa shape index (κ1) is 20.9. The van der Waals surface area contributed by atoms with Gasteiger partial charge in [0.2, 0.25) is 5.95 Å². The highest BCUT2D eigenvalue weighted by Gasteiger charge is 2.32. The van der Waals surface area contributed by atoms with Crippen LogP contribution < -0.4 is 21.1 Å². The van der Waals surface area contributed by atoms with Gasteiger partial charge in [-0.05, 0) is 30.3 Å². The van der Waals surface area contributed by atoms with E-state index in [-0.39, 0.29) is 25.0 Å². The third kappa shape index (κ3) is 6.36. The van der Waals surface area contributed by atoms with E-state index in [0.717, 1.165) is 12.3 Å². The molecule has 0 spiro atoms. The third-order valence-corrected chi connectivity index (χ3v) is 3.71. The van der Waals surface area contributed by atoms with Gasteiger partial charge in [0.1, 0.15) is 17.2 Å². The van der Waals surface area contributed by atoms with Crippen LogP contribution in [0.5, 0.6) is 11.5 Å². The van der Waals surface area contributed by atoms with Crippen molar-refractivity contribution in [1.82, 2.24) is 9.97 Å². The quantitative estimate of drug-likeness (QED) is 0.304. The molecule has 10 heteroatoms. The maximum atomic E-state index is 12.6. The zero-order chi connectivity index (χ0) is 21.4. The number of aliphatic imine (C=N–C) groups is 1. The van der Waals surface area contributed by atoms with Gasteiger partial charge in [0.05, 0.1) is 6.54 Å². The van der Waals surface area contributed by atoms with Crippen LogP contribution in [-0.4, -0.2) is 29.0 Å². The van der Waals surface area contributed by atoms with Crippen molar-refractivity contribution in [3.8, 4) is 11.5 Å². The van der Waals surface area contributed by atoms with E-state index in [1.807, 2.05) is 36.4 Å². The van der Waals surface area contributed by atoms with Crippen LogP contribution in [0.25, 0.3) is 0 Å². The number of halogens is 3. The second-order valence-corrected chi connectivity index (χ2v) is 6.02. The molecule has 156 valence electrons. The van der Waals surface area contributed by atoms with Gasteiger partial charge in [-0.2, -0.15) is 13.2 Å². The van der Waals surface area contributed by atoms with Crippen LogP contribution in [0.1, 0.15) is 5.69 Å². The van der Waals surface area contributed by atoms with E-state index in [0.29, 0.717) is 17.2 Å². The summed E-state index contributed by atoms with van der Waals surface area (Å²) in [5, 5.41) is 5.62. The molecule has 3 aromatic rings. The minimum absolute atomic E-state index is 0.127. The number of nitrogens with two attached hydrogens (primary N) is 1. The highest BCUT2D eigenvalue weighted by molar-refractivity contribution is 5.92. The molecule has 0 radical (unpaired) electrons. The maximum Gasteiger partial charge on any atom is 0.433 e. The second kappa shape index (κ2) is 9.59. The smallest absolute Gasteiger partial charge is 0.433 e. The fourth-order valence-electron chi connectivity index (χ4n) is 2.40. The Morgan fingerprint density at radius 3 is 2.57 bits per heavy atom. The molecule has 0 aliphatic rings. The zero-order valence-corrected chi connectivity index (χ0v) is 15.7.